The molecule has 4 nitrogen and oxygen atoms in total. The summed E-state index contributed by atoms with van der Waals surface area (Å²) >= 11 is 0. The Bertz CT molecular complexity index is 636. The summed E-state index contributed by atoms with van der Waals surface area (Å²) in [6.45, 7) is 0. The maximum absolute atomic E-state index is 11.8. The fourth-order valence-electron chi connectivity index (χ4n) is 1.83. The first-order valence-corrected chi connectivity index (χ1v) is 6.49. The third-order valence-corrected chi connectivity index (χ3v) is 2.90. The van der Waals surface area contributed by atoms with Crippen LogP contribution in [0, 0.1) is 0 Å². The Morgan fingerprint density at radius 1 is 1.05 bits per heavy atom. The van der Waals surface area contributed by atoms with Crippen molar-refractivity contribution in [3.8, 4) is 11.5 Å². The normalized spacial score (nSPS) is 10.4. The van der Waals surface area contributed by atoms with Gasteiger partial charge in [0.2, 0.25) is 5.91 Å². The molecule has 0 aliphatic carbocycles. The highest BCUT2D eigenvalue weighted by Gasteiger charge is 2.03. The molecular weight excluding hydrogens is 266 g/mol. The van der Waals surface area contributed by atoms with E-state index in [4.69, 9.17) is 9.47 Å². The molecule has 0 bridgehead atoms. The second-order valence-electron chi connectivity index (χ2n) is 4.30. The number of carbonyl (C=O) groups excluding carboxylic acids is 1. The summed E-state index contributed by atoms with van der Waals surface area (Å²) in [6, 6.07) is 14.7. The van der Waals surface area contributed by atoms with Crippen molar-refractivity contribution in [1.29, 1.82) is 0 Å². The molecule has 0 heterocycles. The van der Waals surface area contributed by atoms with E-state index in [0.717, 1.165) is 11.3 Å². The minimum atomic E-state index is -0.195. The molecule has 0 aliphatic rings. The molecule has 0 saturated heterocycles. The van der Waals surface area contributed by atoms with Crippen molar-refractivity contribution in [3.05, 3.63) is 60.2 Å². The zero-order valence-corrected chi connectivity index (χ0v) is 12.0. The molecule has 0 unspecified atom stereocenters. The average molecular weight is 283 g/mol. The lowest BCUT2D eigenvalue weighted by Crippen LogP contribution is -2.07. The predicted octanol–water partition coefficient (Wildman–Crippen LogP) is 3.36. The van der Waals surface area contributed by atoms with E-state index in [9.17, 15) is 4.79 Å². The van der Waals surface area contributed by atoms with Gasteiger partial charge in [0.1, 0.15) is 11.5 Å². The van der Waals surface area contributed by atoms with Crippen LogP contribution in [0.1, 0.15) is 5.56 Å². The lowest BCUT2D eigenvalue weighted by molar-refractivity contribution is -0.111. The Labute approximate surface area is 124 Å². The summed E-state index contributed by atoms with van der Waals surface area (Å²) in [5.74, 6) is 1.16. The number of anilines is 1. The summed E-state index contributed by atoms with van der Waals surface area (Å²) < 4.78 is 10.4. The van der Waals surface area contributed by atoms with Gasteiger partial charge in [-0.25, -0.2) is 0 Å². The van der Waals surface area contributed by atoms with Crippen LogP contribution >= 0.6 is 0 Å². The lowest BCUT2D eigenvalue weighted by atomic mass is 10.1. The molecule has 1 N–H and O–H groups in total. The van der Waals surface area contributed by atoms with Crippen molar-refractivity contribution in [2.75, 3.05) is 19.5 Å². The molecule has 2 rings (SSSR count). The molecule has 21 heavy (non-hydrogen) atoms. The van der Waals surface area contributed by atoms with Gasteiger partial charge in [-0.3, -0.25) is 4.79 Å². The van der Waals surface area contributed by atoms with E-state index in [-0.39, 0.29) is 5.91 Å². The zero-order valence-electron chi connectivity index (χ0n) is 12.0. The Kier molecular flexibility index (Phi) is 4.99. The highest BCUT2D eigenvalue weighted by atomic mass is 16.5. The topological polar surface area (TPSA) is 47.6 Å². The van der Waals surface area contributed by atoms with Crippen molar-refractivity contribution < 1.29 is 14.3 Å². The van der Waals surface area contributed by atoms with Crippen LogP contribution in [0.5, 0.6) is 11.5 Å². The van der Waals surface area contributed by atoms with Crippen molar-refractivity contribution in [1.82, 2.24) is 0 Å². The maximum atomic E-state index is 11.8. The quantitative estimate of drug-likeness (QED) is 0.856. The third kappa shape index (κ3) is 4.11. The van der Waals surface area contributed by atoms with Gasteiger partial charge in [-0.1, -0.05) is 18.2 Å². The van der Waals surface area contributed by atoms with Gasteiger partial charge in [0, 0.05) is 23.4 Å². The smallest absolute Gasteiger partial charge is 0.248 e. The molecule has 2 aromatic rings. The van der Waals surface area contributed by atoms with Gasteiger partial charge in [0.25, 0.3) is 0 Å². The van der Waals surface area contributed by atoms with Gasteiger partial charge in [-0.2, -0.15) is 0 Å². The second kappa shape index (κ2) is 7.14. The van der Waals surface area contributed by atoms with Crippen LogP contribution in [0.25, 0.3) is 6.08 Å². The number of ether oxygens (including phenoxy) is 2. The van der Waals surface area contributed by atoms with Gasteiger partial charge >= 0.3 is 0 Å². The zero-order chi connectivity index (χ0) is 15.1. The molecule has 108 valence electrons. The number of hydrogen-bond donors (Lipinski definition) is 1. The minimum Gasteiger partial charge on any atom is -0.497 e. The minimum absolute atomic E-state index is 0.195. The van der Waals surface area contributed by atoms with E-state index in [1.165, 1.54) is 6.08 Å². The summed E-state index contributed by atoms with van der Waals surface area (Å²) in [7, 11) is 3.17. The largest absolute Gasteiger partial charge is 0.497 e. The molecule has 0 atom stereocenters. The highest BCUT2D eigenvalue weighted by Crippen LogP contribution is 2.25. The van der Waals surface area contributed by atoms with E-state index in [1.54, 1.807) is 26.4 Å². The van der Waals surface area contributed by atoms with Crippen LogP contribution in [-0.2, 0) is 4.79 Å². The van der Waals surface area contributed by atoms with E-state index in [0.29, 0.717) is 11.5 Å². The Morgan fingerprint density at radius 3 is 2.48 bits per heavy atom. The molecule has 2 aromatic carbocycles. The van der Waals surface area contributed by atoms with E-state index in [1.807, 2.05) is 42.5 Å². The van der Waals surface area contributed by atoms with Crippen LogP contribution in [0.4, 0.5) is 5.69 Å². The number of benzene rings is 2. The lowest BCUT2D eigenvalue weighted by Gasteiger charge is -2.07. The molecule has 0 aromatic heterocycles. The summed E-state index contributed by atoms with van der Waals surface area (Å²) in [5.41, 5.74) is 1.57. The van der Waals surface area contributed by atoms with Crippen LogP contribution in [0.15, 0.2) is 54.6 Å². The molecule has 0 spiro atoms. The van der Waals surface area contributed by atoms with E-state index in [2.05, 4.69) is 5.32 Å². The number of nitrogens with one attached hydrogen (secondary N) is 1. The molecule has 0 radical (unpaired) electrons. The molecular formula is C17H17NO3. The molecule has 4 heteroatoms. The van der Waals surface area contributed by atoms with Crippen LogP contribution in [0.2, 0.25) is 0 Å². The number of amides is 1. The fraction of sp³-hybridized carbons (Fsp3) is 0.118. The molecule has 0 aliphatic heterocycles. The van der Waals surface area contributed by atoms with Gasteiger partial charge in [0.05, 0.1) is 14.2 Å². The predicted molar refractivity (Wildman–Crippen MR) is 83.7 cm³/mol. The summed E-state index contributed by atoms with van der Waals surface area (Å²) in [4.78, 5) is 11.8. The van der Waals surface area contributed by atoms with Crippen LogP contribution in [-0.4, -0.2) is 20.1 Å². The molecule has 1 amide bonds. The summed E-state index contributed by atoms with van der Waals surface area (Å²) in [6.07, 6.45) is 3.17. The van der Waals surface area contributed by atoms with Gasteiger partial charge in [0.15, 0.2) is 0 Å². The Balaban J connectivity index is 2.08. The van der Waals surface area contributed by atoms with Crippen molar-refractivity contribution in [2.24, 2.45) is 0 Å². The van der Waals surface area contributed by atoms with Crippen molar-refractivity contribution in [3.63, 3.8) is 0 Å². The van der Waals surface area contributed by atoms with Gasteiger partial charge in [-0.05, 0) is 30.3 Å². The first-order chi connectivity index (χ1) is 10.2. The van der Waals surface area contributed by atoms with E-state index >= 15 is 0 Å². The van der Waals surface area contributed by atoms with Crippen molar-refractivity contribution in [2.45, 2.75) is 0 Å². The van der Waals surface area contributed by atoms with Crippen molar-refractivity contribution >= 4 is 17.7 Å². The van der Waals surface area contributed by atoms with Crippen LogP contribution < -0.4 is 14.8 Å². The van der Waals surface area contributed by atoms with Gasteiger partial charge in [-0.15, -0.1) is 0 Å². The monoisotopic (exact) mass is 283 g/mol. The number of rotatable bonds is 5. The molecule has 0 fully saturated rings. The first kappa shape index (κ1) is 14.7. The first-order valence-electron chi connectivity index (χ1n) is 6.49. The average Bonchev–Trinajstić information content (AvgIpc) is 2.53. The summed E-state index contributed by atoms with van der Waals surface area (Å²) in [5, 5.41) is 2.78. The number of para-hydroxylation sites is 1. The number of hydrogen-bond acceptors (Lipinski definition) is 3. The third-order valence-electron chi connectivity index (χ3n) is 2.90. The number of carbonyl (C=O) groups is 1. The Morgan fingerprint density at radius 2 is 1.81 bits per heavy atom. The van der Waals surface area contributed by atoms with Crippen LogP contribution in [0.3, 0.4) is 0 Å². The number of methoxy groups -OCH3 is 2. The standard InChI is InChI=1S/C17H17NO3/c1-20-15-10-8-13(16(12-15)21-2)9-11-17(19)18-14-6-4-3-5-7-14/h3-12H,1-2H3,(H,18,19). The van der Waals surface area contributed by atoms with E-state index < -0.39 is 0 Å². The van der Waals surface area contributed by atoms with Gasteiger partial charge < -0.3 is 14.8 Å². The second-order valence-corrected chi connectivity index (χ2v) is 4.30. The Hall–Kier alpha value is -2.75. The maximum Gasteiger partial charge on any atom is 0.248 e. The SMILES string of the molecule is COc1ccc(C=CC(=O)Nc2ccccc2)c(OC)c1. The highest BCUT2D eigenvalue weighted by molar-refractivity contribution is 6.02. The molecule has 0 saturated carbocycles. The fourth-order valence-corrected chi connectivity index (χ4v) is 1.83.